The molecule has 1 saturated heterocycles. The summed E-state index contributed by atoms with van der Waals surface area (Å²) in [6.07, 6.45) is 3.34. The van der Waals surface area contributed by atoms with Gasteiger partial charge in [-0.15, -0.1) is 0 Å². The second kappa shape index (κ2) is 7.82. The highest BCUT2D eigenvalue weighted by atomic mass is 32.2. The highest BCUT2D eigenvalue weighted by molar-refractivity contribution is 7.89. The molecule has 0 unspecified atom stereocenters. The Bertz CT molecular complexity index is 922. The Morgan fingerprint density at radius 3 is 2.67 bits per heavy atom. The molecule has 1 N–H and O–H groups in total. The van der Waals surface area contributed by atoms with Crippen LogP contribution in [0.25, 0.3) is 0 Å². The molecule has 2 heterocycles. The van der Waals surface area contributed by atoms with Crippen LogP contribution < -0.4 is 5.32 Å². The third-order valence-corrected chi connectivity index (χ3v) is 6.67. The number of benzene rings is 1. The average molecular weight is 393 g/mol. The first-order valence-corrected chi connectivity index (χ1v) is 10.4. The number of carbonyl (C=O) groups is 1. The number of hydrogen-bond donors (Lipinski definition) is 1. The standard InChI is InChI=1S/C19H24FN3O3S/c1-14-4-3-9-23(12-14)27(25,26)17-10-18(22(2)13-17)19(24)21-11-15-5-7-16(20)8-6-15/h5-8,10,13-14H,3-4,9,11-12H2,1-2H3,(H,21,24)/t14-/m0/s1. The second-order valence-corrected chi connectivity index (χ2v) is 9.03. The lowest BCUT2D eigenvalue weighted by Crippen LogP contribution is -2.38. The van der Waals surface area contributed by atoms with Crippen molar-refractivity contribution in [3.05, 3.63) is 53.6 Å². The first kappa shape index (κ1) is 19.6. The van der Waals surface area contributed by atoms with E-state index < -0.39 is 10.0 Å². The normalized spacial score (nSPS) is 18.4. The molecule has 1 aromatic carbocycles. The van der Waals surface area contributed by atoms with Crippen LogP contribution in [0.4, 0.5) is 4.39 Å². The zero-order chi connectivity index (χ0) is 19.6. The molecular weight excluding hydrogens is 369 g/mol. The molecule has 0 radical (unpaired) electrons. The topological polar surface area (TPSA) is 71.4 Å². The van der Waals surface area contributed by atoms with Crippen LogP contribution in [-0.2, 0) is 23.6 Å². The number of halogens is 1. The average Bonchev–Trinajstić information content (AvgIpc) is 3.03. The molecule has 0 aliphatic carbocycles. The summed E-state index contributed by atoms with van der Waals surface area (Å²) >= 11 is 0. The summed E-state index contributed by atoms with van der Waals surface area (Å²) in [6, 6.07) is 7.25. The maximum absolute atomic E-state index is 12.9. The van der Waals surface area contributed by atoms with Gasteiger partial charge >= 0.3 is 0 Å². The van der Waals surface area contributed by atoms with Crippen molar-refractivity contribution in [3.63, 3.8) is 0 Å². The number of aryl methyl sites for hydroxylation is 1. The van der Waals surface area contributed by atoms with Gasteiger partial charge in [0.15, 0.2) is 0 Å². The Balaban J connectivity index is 1.73. The summed E-state index contributed by atoms with van der Waals surface area (Å²) in [6.45, 7) is 3.29. The van der Waals surface area contributed by atoms with Crippen LogP contribution >= 0.6 is 0 Å². The van der Waals surface area contributed by atoms with Crippen LogP contribution in [0.5, 0.6) is 0 Å². The van der Waals surface area contributed by atoms with Gasteiger partial charge in [-0.25, -0.2) is 12.8 Å². The van der Waals surface area contributed by atoms with Gasteiger partial charge in [0.25, 0.3) is 5.91 Å². The number of piperidine rings is 1. The maximum atomic E-state index is 12.9. The molecule has 0 spiro atoms. The molecule has 8 heteroatoms. The molecule has 146 valence electrons. The fraction of sp³-hybridized carbons (Fsp3) is 0.421. The van der Waals surface area contributed by atoms with Crippen LogP contribution in [-0.4, -0.2) is 36.3 Å². The predicted octanol–water partition coefficient (Wildman–Crippen LogP) is 2.51. The summed E-state index contributed by atoms with van der Waals surface area (Å²) in [4.78, 5) is 12.6. The number of nitrogens with one attached hydrogen (secondary N) is 1. The van der Waals surface area contributed by atoms with Gasteiger partial charge in [-0.3, -0.25) is 4.79 Å². The predicted molar refractivity (Wildman–Crippen MR) is 100 cm³/mol. The lowest BCUT2D eigenvalue weighted by atomic mass is 10.0. The van der Waals surface area contributed by atoms with E-state index in [1.165, 1.54) is 33.3 Å². The van der Waals surface area contributed by atoms with Crippen molar-refractivity contribution in [2.75, 3.05) is 13.1 Å². The molecule has 1 aromatic heterocycles. The summed E-state index contributed by atoms with van der Waals surface area (Å²) in [7, 11) is -1.97. The van der Waals surface area contributed by atoms with Gasteiger partial charge in [0.1, 0.15) is 16.4 Å². The van der Waals surface area contributed by atoms with E-state index in [1.807, 2.05) is 6.92 Å². The Labute approximate surface area is 159 Å². The van der Waals surface area contributed by atoms with E-state index in [0.29, 0.717) is 19.0 Å². The molecule has 3 rings (SSSR count). The molecule has 6 nitrogen and oxygen atoms in total. The first-order chi connectivity index (χ1) is 12.8. The Morgan fingerprint density at radius 1 is 1.30 bits per heavy atom. The van der Waals surface area contributed by atoms with E-state index in [9.17, 15) is 17.6 Å². The molecule has 0 bridgehead atoms. The van der Waals surface area contributed by atoms with Crippen molar-refractivity contribution in [2.45, 2.75) is 31.2 Å². The van der Waals surface area contributed by atoms with E-state index in [0.717, 1.165) is 18.4 Å². The Hall–Kier alpha value is -2.19. The molecule has 2 aromatic rings. The number of amides is 1. The monoisotopic (exact) mass is 393 g/mol. The van der Waals surface area contributed by atoms with Crippen molar-refractivity contribution in [3.8, 4) is 0 Å². The van der Waals surface area contributed by atoms with Crippen LogP contribution in [0.15, 0.2) is 41.4 Å². The third-order valence-electron chi connectivity index (χ3n) is 4.84. The van der Waals surface area contributed by atoms with Crippen LogP contribution in [0, 0.1) is 11.7 Å². The van der Waals surface area contributed by atoms with Crippen LogP contribution in [0.3, 0.4) is 0 Å². The molecule has 1 amide bonds. The number of aromatic nitrogens is 1. The van der Waals surface area contributed by atoms with E-state index in [1.54, 1.807) is 19.2 Å². The van der Waals surface area contributed by atoms with Gasteiger partial charge in [0, 0.05) is 32.9 Å². The van der Waals surface area contributed by atoms with Gasteiger partial charge in [-0.05, 0) is 42.5 Å². The Kier molecular flexibility index (Phi) is 5.67. The Morgan fingerprint density at radius 2 is 2.00 bits per heavy atom. The fourth-order valence-electron chi connectivity index (χ4n) is 3.29. The van der Waals surface area contributed by atoms with Gasteiger partial charge in [0.2, 0.25) is 10.0 Å². The minimum atomic E-state index is -3.61. The van der Waals surface area contributed by atoms with Crippen molar-refractivity contribution in [2.24, 2.45) is 13.0 Å². The minimum Gasteiger partial charge on any atom is -0.347 e. The zero-order valence-corrected chi connectivity index (χ0v) is 16.3. The smallest absolute Gasteiger partial charge is 0.268 e. The molecule has 1 aliphatic heterocycles. The van der Waals surface area contributed by atoms with Gasteiger partial charge < -0.3 is 9.88 Å². The number of nitrogens with zero attached hydrogens (tertiary/aromatic N) is 2. The molecular formula is C19H24FN3O3S. The van der Waals surface area contributed by atoms with Gasteiger partial charge in [-0.1, -0.05) is 19.1 Å². The summed E-state index contributed by atoms with van der Waals surface area (Å²) in [5.41, 5.74) is 1.02. The first-order valence-electron chi connectivity index (χ1n) is 8.96. The number of carbonyl (C=O) groups excluding carboxylic acids is 1. The lowest BCUT2D eigenvalue weighted by Gasteiger charge is -2.29. The van der Waals surface area contributed by atoms with E-state index in [4.69, 9.17) is 0 Å². The van der Waals surface area contributed by atoms with Gasteiger partial charge in [-0.2, -0.15) is 4.31 Å². The summed E-state index contributed by atoms with van der Waals surface area (Å²) < 4.78 is 41.7. The molecule has 1 fully saturated rings. The van der Waals surface area contributed by atoms with E-state index in [-0.39, 0.29) is 28.9 Å². The number of hydrogen-bond acceptors (Lipinski definition) is 3. The number of rotatable bonds is 5. The zero-order valence-electron chi connectivity index (χ0n) is 15.5. The van der Waals surface area contributed by atoms with Crippen molar-refractivity contribution in [1.29, 1.82) is 0 Å². The minimum absolute atomic E-state index is 0.131. The van der Waals surface area contributed by atoms with Crippen LogP contribution in [0.1, 0.15) is 35.8 Å². The number of sulfonamides is 1. The molecule has 1 aliphatic rings. The highest BCUT2D eigenvalue weighted by Gasteiger charge is 2.30. The fourth-order valence-corrected chi connectivity index (χ4v) is 4.96. The van der Waals surface area contributed by atoms with E-state index in [2.05, 4.69) is 5.32 Å². The summed E-state index contributed by atoms with van der Waals surface area (Å²) in [5, 5.41) is 2.74. The third kappa shape index (κ3) is 4.39. The molecule has 0 saturated carbocycles. The van der Waals surface area contributed by atoms with Crippen molar-refractivity contribution in [1.82, 2.24) is 14.2 Å². The van der Waals surface area contributed by atoms with Crippen molar-refractivity contribution >= 4 is 15.9 Å². The largest absolute Gasteiger partial charge is 0.347 e. The van der Waals surface area contributed by atoms with Crippen LogP contribution in [0.2, 0.25) is 0 Å². The van der Waals surface area contributed by atoms with Gasteiger partial charge in [0.05, 0.1) is 0 Å². The quantitative estimate of drug-likeness (QED) is 0.849. The highest BCUT2D eigenvalue weighted by Crippen LogP contribution is 2.24. The SMILES string of the molecule is C[C@H]1CCCN(S(=O)(=O)c2cc(C(=O)NCc3ccc(F)cc3)n(C)c2)C1. The maximum Gasteiger partial charge on any atom is 0.268 e. The second-order valence-electron chi connectivity index (χ2n) is 7.09. The molecule has 1 atom stereocenters. The molecule has 27 heavy (non-hydrogen) atoms. The lowest BCUT2D eigenvalue weighted by molar-refractivity contribution is 0.0942. The summed E-state index contributed by atoms with van der Waals surface area (Å²) in [5.74, 6) is -0.389. The van der Waals surface area contributed by atoms with E-state index >= 15 is 0 Å². The van der Waals surface area contributed by atoms with Crippen molar-refractivity contribution < 1.29 is 17.6 Å².